The first-order chi connectivity index (χ1) is 11.5. The molecular formula is C18H15Cl2NO3. The molecule has 2 rings (SSSR count). The Hall–Kier alpha value is -2.30. The topological polar surface area (TPSA) is 66.4 Å². The molecule has 0 aliphatic heterocycles. The van der Waals surface area contributed by atoms with Crippen LogP contribution in [0.4, 0.5) is 0 Å². The van der Waals surface area contributed by atoms with Crippen molar-refractivity contribution in [2.24, 2.45) is 0 Å². The quantitative estimate of drug-likeness (QED) is 0.766. The van der Waals surface area contributed by atoms with Crippen LogP contribution < -0.4 is 5.32 Å². The zero-order valence-electron chi connectivity index (χ0n) is 12.6. The summed E-state index contributed by atoms with van der Waals surface area (Å²) in [5.74, 6) is -1.60. The second kappa shape index (κ2) is 8.52. The summed E-state index contributed by atoms with van der Waals surface area (Å²) in [5.41, 5.74) is 1.45. The number of hydrogen-bond acceptors (Lipinski definition) is 2. The van der Waals surface area contributed by atoms with E-state index in [1.54, 1.807) is 18.2 Å². The minimum atomic E-state index is -1.09. The molecule has 0 heterocycles. The highest BCUT2D eigenvalue weighted by molar-refractivity contribution is 6.35. The van der Waals surface area contributed by atoms with E-state index in [0.717, 1.165) is 5.56 Å². The number of amides is 1. The van der Waals surface area contributed by atoms with Gasteiger partial charge in [0.05, 0.1) is 0 Å². The Morgan fingerprint density at radius 3 is 2.46 bits per heavy atom. The van der Waals surface area contributed by atoms with Gasteiger partial charge < -0.3 is 10.4 Å². The van der Waals surface area contributed by atoms with E-state index in [-0.39, 0.29) is 6.42 Å². The van der Waals surface area contributed by atoms with Gasteiger partial charge in [0.1, 0.15) is 6.04 Å². The maximum absolute atomic E-state index is 12.0. The molecule has 0 bridgehead atoms. The molecule has 124 valence electrons. The molecule has 2 aromatic carbocycles. The Labute approximate surface area is 149 Å². The van der Waals surface area contributed by atoms with Gasteiger partial charge in [0.2, 0.25) is 5.91 Å². The van der Waals surface area contributed by atoms with Crippen LogP contribution in [0.5, 0.6) is 0 Å². The molecule has 0 aliphatic carbocycles. The highest BCUT2D eigenvalue weighted by Gasteiger charge is 2.19. The van der Waals surface area contributed by atoms with E-state index in [2.05, 4.69) is 5.32 Å². The summed E-state index contributed by atoms with van der Waals surface area (Å²) >= 11 is 11.8. The Balaban J connectivity index is 2.02. The van der Waals surface area contributed by atoms with E-state index < -0.39 is 17.9 Å². The average Bonchev–Trinajstić information content (AvgIpc) is 2.54. The molecule has 4 nitrogen and oxygen atoms in total. The molecule has 1 amide bonds. The van der Waals surface area contributed by atoms with E-state index in [4.69, 9.17) is 23.2 Å². The van der Waals surface area contributed by atoms with E-state index >= 15 is 0 Å². The van der Waals surface area contributed by atoms with Crippen molar-refractivity contribution in [2.75, 3.05) is 0 Å². The van der Waals surface area contributed by atoms with Crippen LogP contribution in [0.3, 0.4) is 0 Å². The minimum absolute atomic E-state index is 0.206. The molecule has 0 spiro atoms. The number of aliphatic carboxylic acids is 1. The fraction of sp³-hybridized carbons (Fsp3) is 0.111. The molecule has 0 unspecified atom stereocenters. The van der Waals surface area contributed by atoms with Crippen LogP contribution in [-0.4, -0.2) is 23.0 Å². The lowest BCUT2D eigenvalue weighted by Gasteiger charge is -2.13. The van der Waals surface area contributed by atoms with E-state index in [1.165, 1.54) is 12.2 Å². The standard InChI is InChI=1S/C18H15Cl2NO3/c19-14-8-6-13(15(20)11-14)7-9-17(22)21-16(18(23)24)10-12-4-2-1-3-5-12/h1-9,11,16H,10H2,(H,21,22)(H,23,24)/b9-7+/t16-/m0/s1. The number of hydrogen-bond donors (Lipinski definition) is 2. The number of carbonyl (C=O) groups excluding carboxylic acids is 1. The van der Waals surface area contributed by atoms with Crippen molar-refractivity contribution in [1.29, 1.82) is 0 Å². The maximum Gasteiger partial charge on any atom is 0.326 e. The maximum atomic E-state index is 12.0. The molecule has 0 saturated carbocycles. The van der Waals surface area contributed by atoms with Gasteiger partial charge in [0.15, 0.2) is 0 Å². The number of carboxylic acid groups (broad SMARTS) is 1. The molecule has 0 saturated heterocycles. The molecule has 0 aliphatic rings. The van der Waals surface area contributed by atoms with Gasteiger partial charge in [0, 0.05) is 22.5 Å². The number of halogens is 2. The Bertz CT molecular complexity index is 760. The summed E-state index contributed by atoms with van der Waals surface area (Å²) in [5, 5.41) is 12.6. The van der Waals surface area contributed by atoms with E-state index in [9.17, 15) is 14.7 Å². The van der Waals surface area contributed by atoms with Crippen molar-refractivity contribution < 1.29 is 14.7 Å². The summed E-state index contributed by atoms with van der Waals surface area (Å²) in [6.07, 6.45) is 2.96. The summed E-state index contributed by atoms with van der Waals surface area (Å²) in [4.78, 5) is 23.3. The highest BCUT2D eigenvalue weighted by Crippen LogP contribution is 2.21. The molecule has 6 heteroatoms. The summed E-state index contributed by atoms with van der Waals surface area (Å²) in [7, 11) is 0. The normalized spacial score (nSPS) is 12.1. The lowest BCUT2D eigenvalue weighted by Crippen LogP contribution is -2.41. The molecule has 0 radical (unpaired) electrons. The van der Waals surface area contributed by atoms with Crippen molar-refractivity contribution in [3.63, 3.8) is 0 Å². The lowest BCUT2D eigenvalue weighted by atomic mass is 10.1. The Kier molecular flexibility index (Phi) is 6.41. The second-order valence-corrected chi connectivity index (χ2v) is 5.93. The van der Waals surface area contributed by atoms with Gasteiger partial charge in [-0.3, -0.25) is 4.79 Å². The molecule has 0 aromatic heterocycles. The SMILES string of the molecule is O=C(/C=C/c1ccc(Cl)cc1Cl)N[C@@H](Cc1ccccc1)C(=O)O. The van der Waals surface area contributed by atoms with Crippen molar-refractivity contribution in [1.82, 2.24) is 5.32 Å². The molecule has 0 fully saturated rings. The van der Waals surface area contributed by atoms with E-state index in [1.807, 2.05) is 30.3 Å². The van der Waals surface area contributed by atoms with Gasteiger partial charge in [-0.05, 0) is 29.3 Å². The van der Waals surface area contributed by atoms with Gasteiger partial charge in [0.25, 0.3) is 0 Å². The highest BCUT2D eigenvalue weighted by atomic mass is 35.5. The molecule has 2 aromatic rings. The van der Waals surface area contributed by atoms with Crippen LogP contribution in [0, 0.1) is 0 Å². The summed E-state index contributed by atoms with van der Waals surface area (Å²) in [6, 6.07) is 13.0. The smallest absolute Gasteiger partial charge is 0.326 e. The molecule has 1 atom stereocenters. The van der Waals surface area contributed by atoms with Crippen molar-refractivity contribution in [3.05, 3.63) is 75.8 Å². The Morgan fingerprint density at radius 1 is 1.12 bits per heavy atom. The molecule has 2 N–H and O–H groups in total. The number of benzene rings is 2. The largest absolute Gasteiger partial charge is 0.480 e. The van der Waals surface area contributed by atoms with Gasteiger partial charge in [-0.2, -0.15) is 0 Å². The van der Waals surface area contributed by atoms with Crippen LogP contribution in [0.1, 0.15) is 11.1 Å². The second-order valence-electron chi connectivity index (χ2n) is 5.09. The third kappa shape index (κ3) is 5.41. The van der Waals surface area contributed by atoms with Crippen molar-refractivity contribution in [3.8, 4) is 0 Å². The van der Waals surface area contributed by atoms with Gasteiger partial charge in [-0.1, -0.05) is 59.6 Å². The van der Waals surface area contributed by atoms with Crippen LogP contribution in [0.15, 0.2) is 54.6 Å². The number of carboxylic acids is 1. The van der Waals surface area contributed by atoms with Crippen molar-refractivity contribution in [2.45, 2.75) is 12.5 Å². The first-order valence-corrected chi connectivity index (χ1v) is 7.91. The van der Waals surface area contributed by atoms with Crippen molar-refractivity contribution >= 4 is 41.2 Å². The predicted octanol–water partition coefficient (Wildman–Crippen LogP) is 3.82. The fourth-order valence-electron chi connectivity index (χ4n) is 2.07. The molecule has 24 heavy (non-hydrogen) atoms. The van der Waals surface area contributed by atoms with Crippen LogP contribution >= 0.6 is 23.2 Å². The minimum Gasteiger partial charge on any atom is -0.480 e. The van der Waals surface area contributed by atoms with Crippen LogP contribution in [0.2, 0.25) is 10.0 Å². The third-order valence-corrected chi connectivity index (χ3v) is 3.84. The number of carbonyl (C=O) groups is 2. The van der Waals surface area contributed by atoms with E-state index in [0.29, 0.717) is 15.6 Å². The predicted molar refractivity (Wildman–Crippen MR) is 95.2 cm³/mol. The van der Waals surface area contributed by atoms with Crippen LogP contribution in [0.25, 0.3) is 6.08 Å². The van der Waals surface area contributed by atoms with Gasteiger partial charge >= 0.3 is 5.97 Å². The summed E-state index contributed by atoms with van der Waals surface area (Å²) in [6.45, 7) is 0. The van der Waals surface area contributed by atoms with Gasteiger partial charge in [-0.25, -0.2) is 4.79 Å². The first-order valence-electron chi connectivity index (χ1n) is 7.16. The third-order valence-electron chi connectivity index (χ3n) is 3.27. The number of rotatable bonds is 6. The Morgan fingerprint density at radius 2 is 1.83 bits per heavy atom. The first kappa shape index (κ1) is 18.0. The monoisotopic (exact) mass is 363 g/mol. The number of nitrogens with one attached hydrogen (secondary N) is 1. The average molecular weight is 364 g/mol. The fourth-order valence-corrected chi connectivity index (χ4v) is 2.54. The zero-order chi connectivity index (χ0) is 17.5. The lowest BCUT2D eigenvalue weighted by molar-refractivity contribution is -0.141. The van der Waals surface area contributed by atoms with Crippen LogP contribution in [-0.2, 0) is 16.0 Å². The zero-order valence-corrected chi connectivity index (χ0v) is 14.1. The van der Waals surface area contributed by atoms with Gasteiger partial charge in [-0.15, -0.1) is 0 Å². The summed E-state index contributed by atoms with van der Waals surface area (Å²) < 4.78 is 0. The molecular weight excluding hydrogens is 349 g/mol.